The Morgan fingerprint density at radius 3 is 2.54 bits per heavy atom. The van der Waals surface area contributed by atoms with Gasteiger partial charge in [0.15, 0.2) is 0 Å². The summed E-state index contributed by atoms with van der Waals surface area (Å²) in [5.41, 5.74) is 3.02. The largest absolute Gasteiger partial charge is 0.506 e. The summed E-state index contributed by atoms with van der Waals surface area (Å²) in [6.07, 6.45) is 0.670. The van der Waals surface area contributed by atoms with E-state index in [2.05, 4.69) is 0 Å². The fourth-order valence-corrected chi connectivity index (χ4v) is 4.98. The molecular formula is C30H28O7. The van der Waals surface area contributed by atoms with Gasteiger partial charge in [-0.1, -0.05) is 48.5 Å². The number of aromatic hydroxyl groups is 1. The molecule has 1 saturated heterocycles. The average molecular weight is 501 g/mol. The van der Waals surface area contributed by atoms with Gasteiger partial charge in [0.05, 0.1) is 18.8 Å². The zero-order valence-electron chi connectivity index (χ0n) is 20.1. The van der Waals surface area contributed by atoms with Gasteiger partial charge in [0.2, 0.25) is 0 Å². The van der Waals surface area contributed by atoms with E-state index in [0.717, 1.165) is 16.7 Å². The topological polar surface area (TPSA) is 116 Å². The standard InChI is InChI=1S/C30H28O7/c31-16-25-27(19-6-2-1-3-7-19)23-10-9-22(15-24(23)29(33)28(25)30(34)35)37-17-18-5-4-8-20(13-18)26-14-21(32)11-12-36-26/h1-10,13,15,21,26,31-33H,11-12,14,16-17H2,(H,34,35). The van der Waals surface area contributed by atoms with Crippen molar-refractivity contribution in [3.63, 3.8) is 0 Å². The lowest BCUT2D eigenvalue weighted by Gasteiger charge is -2.27. The van der Waals surface area contributed by atoms with Crippen molar-refractivity contribution in [2.24, 2.45) is 0 Å². The second-order valence-corrected chi connectivity index (χ2v) is 9.19. The predicted octanol–water partition coefficient (Wildman–Crippen LogP) is 5.19. The molecule has 1 aliphatic rings. The molecule has 7 nitrogen and oxygen atoms in total. The second-order valence-electron chi connectivity index (χ2n) is 9.19. The van der Waals surface area contributed by atoms with Crippen molar-refractivity contribution in [2.75, 3.05) is 6.61 Å². The minimum Gasteiger partial charge on any atom is -0.506 e. The van der Waals surface area contributed by atoms with Gasteiger partial charge in [0.25, 0.3) is 0 Å². The third kappa shape index (κ3) is 5.02. The number of aromatic carboxylic acids is 1. The Bertz CT molecular complexity index is 1430. The lowest BCUT2D eigenvalue weighted by molar-refractivity contribution is -0.0448. The summed E-state index contributed by atoms with van der Waals surface area (Å²) >= 11 is 0. The number of aliphatic hydroxyl groups excluding tert-OH is 2. The maximum Gasteiger partial charge on any atom is 0.339 e. The molecule has 0 amide bonds. The molecule has 0 aliphatic carbocycles. The first-order valence-electron chi connectivity index (χ1n) is 12.2. The van der Waals surface area contributed by atoms with Gasteiger partial charge in [-0.05, 0) is 58.3 Å². The van der Waals surface area contributed by atoms with Crippen LogP contribution in [-0.4, -0.2) is 39.1 Å². The van der Waals surface area contributed by atoms with Crippen molar-refractivity contribution in [1.29, 1.82) is 0 Å². The third-order valence-electron chi connectivity index (χ3n) is 6.77. The quantitative estimate of drug-likeness (QED) is 0.276. The summed E-state index contributed by atoms with van der Waals surface area (Å²) in [4.78, 5) is 12.1. The lowest BCUT2D eigenvalue weighted by Crippen LogP contribution is -2.23. The highest BCUT2D eigenvalue weighted by molar-refractivity contribution is 6.09. The van der Waals surface area contributed by atoms with E-state index < -0.39 is 18.3 Å². The van der Waals surface area contributed by atoms with E-state index in [1.165, 1.54) is 0 Å². The summed E-state index contributed by atoms with van der Waals surface area (Å²) in [6, 6.07) is 22.2. The highest BCUT2D eigenvalue weighted by Gasteiger charge is 2.25. The van der Waals surface area contributed by atoms with Gasteiger partial charge < -0.3 is 29.9 Å². The van der Waals surface area contributed by atoms with Crippen LogP contribution in [0.2, 0.25) is 0 Å². The van der Waals surface area contributed by atoms with Crippen molar-refractivity contribution < 1.29 is 34.7 Å². The Balaban J connectivity index is 1.49. The van der Waals surface area contributed by atoms with Gasteiger partial charge in [0, 0.05) is 24.0 Å². The number of carboxylic acids is 1. The lowest BCUT2D eigenvalue weighted by atomic mass is 9.89. The number of benzene rings is 4. The Hall–Kier alpha value is -3.91. The molecule has 4 N–H and O–H groups in total. The molecule has 0 bridgehead atoms. The number of carboxylic acid groups (broad SMARTS) is 1. The SMILES string of the molecule is O=C(O)c1c(CO)c(-c2ccccc2)c2ccc(OCc3cccc(C4CC(O)CCO4)c3)cc2c1O. The maximum atomic E-state index is 12.1. The minimum absolute atomic E-state index is 0.157. The first-order valence-corrected chi connectivity index (χ1v) is 12.2. The van der Waals surface area contributed by atoms with Crippen LogP contribution in [0.4, 0.5) is 0 Å². The fraction of sp³-hybridized carbons (Fsp3) is 0.233. The number of rotatable bonds is 7. The van der Waals surface area contributed by atoms with Gasteiger partial charge in [-0.2, -0.15) is 0 Å². The van der Waals surface area contributed by atoms with E-state index in [1.54, 1.807) is 18.2 Å². The number of aliphatic hydroxyl groups is 2. The van der Waals surface area contributed by atoms with Crippen LogP contribution in [0.15, 0.2) is 72.8 Å². The van der Waals surface area contributed by atoms with Crippen LogP contribution >= 0.6 is 0 Å². The molecule has 1 fully saturated rings. The zero-order chi connectivity index (χ0) is 25.9. The van der Waals surface area contributed by atoms with E-state index in [0.29, 0.717) is 41.5 Å². The normalized spacial score (nSPS) is 17.6. The van der Waals surface area contributed by atoms with Crippen molar-refractivity contribution in [3.05, 3.63) is 95.1 Å². The predicted molar refractivity (Wildman–Crippen MR) is 139 cm³/mol. The summed E-state index contributed by atoms with van der Waals surface area (Å²) in [6.45, 7) is 0.238. The molecule has 7 heteroatoms. The fourth-order valence-electron chi connectivity index (χ4n) is 4.98. The molecule has 0 spiro atoms. The smallest absolute Gasteiger partial charge is 0.339 e. The van der Waals surface area contributed by atoms with Gasteiger partial charge >= 0.3 is 5.97 Å². The Labute approximate surface area is 214 Å². The van der Waals surface area contributed by atoms with E-state index in [1.807, 2.05) is 54.6 Å². The zero-order valence-corrected chi connectivity index (χ0v) is 20.1. The number of hydrogen-bond acceptors (Lipinski definition) is 6. The summed E-state index contributed by atoms with van der Waals surface area (Å²) in [7, 11) is 0. The van der Waals surface area contributed by atoms with Crippen molar-refractivity contribution >= 4 is 16.7 Å². The molecule has 4 aromatic rings. The number of fused-ring (bicyclic) bond motifs is 1. The van der Waals surface area contributed by atoms with Gasteiger partial charge in [-0.25, -0.2) is 4.79 Å². The van der Waals surface area contributed by atoms with Crippen molar-refractivity contribution in [2.45, 2.75) is 38.3 Å². The van der Waals surface area contributed by atoms with E-state index in [9.17, 15) is 25.2 Å². The summed E-state index contributed by atoms with van der Waals surface area (Å²) in [5, 5.41) is 41.8. The molecular weight excluding hydrogens is 472 g/mol. The second kappa shape index (κ2) is 10.6. The average Bonchev–Trinajstić information content (AvgIpc) is 2.92. The Morgan fingerprint density at radius 1 is 1.00 bits per heavy atom. The summed E-state index contributed by atoms with van der Waals surface area (Å²) in [5.74, 6) is -1.27. The highest BCUT2D eigenvalue weighted by atomic mass is 16.5. The molecule has 5 rings (SSSR count). The number of hydrogen-bond donors (Lipinski definition) is 4. The molecule has 4 aromatic carbocycles. The molecule has 190 valence electrons. The molecule has 0 aromatic heterocycles. The Kier molecular flexibility index (Phi) is 7.10. The van der Waals surface area contributed by atoms with Gasteiger partial charge in [-0.3, -0.25) is 0 Å². The van der Waals surface area contributed by atoms with Crippen LogP contribution in [0.5, 0.6) is 11.5 Å². The molecule has 2 atom stereocenters. The van der Waals surface area contributed by atoms with Crippen molar-refractivity contribution in [1.82, 2.24) is 0 Å². The van der Waals surface area contributed by atoms with Crippen LogP contribution in [0.25, 0.3) is 21.9 Å². The van der Waals surface area contributed by atoms with Crippen LogP contribution < -0.4 is 4.74 Å². The van der Waals surface area contributed by atoms with Crippen molar-refractivity contribution in [3.8, 4) is 22.6 Å². The van der Waals surface area contributed by atoms with E-state index >= 15 is 0 Å². The molecule has 1 aliphatic heterocycles. The molecule has 37 heavy (non-hydrogen) atoms. The van der Waals surface area contributed by atoms with Crippen LogP contribution in [-0.2, 0) is 18.0 Å². The van der Waals surface area contributed by atoms with E-state index in [4.69, 9.17) is 9.47 Å². The highest BCUT2D eigenvalue weighted by Crippen LogP contribution is 2.42. The monoisotopic (exact) mass is 500 g/mol. The number of ether oxygens (including phenoxy) is 2. The summed E-state index contributed by atoms with van der Waals surface area (Å²) < 4.78 is 11.8. The molecule has 0 radical (unpaired) electrons. The van der Waals surface area contributed by atoms with Crippen LogP contribution in [0.3, 0.4) is 0 Å². The Morgan fingerprint density at radius 2 is 1.81 bits per heavy atom. The van der Waals surface area contributed by atoms with Gasteiger partial charge in [-0.15, -0.1) is 0 Å². The van der Waals surface area contributed by atoms with Crippen LogP contribution in [0, 0.1) is 0 Å². The van der Waals surface area contributed by atoms with Gasteiger partial charge in [0.1, 0.15) is 23.7 Å². The minimum atomic E-state index is -1.32. The molecule has 1 heterocycles. The third-order valence-corrected chi connectivity index (χ3v) is 6.77. The number of phenols is 1. The first-order chi connectivity index (χ1) is 18.0. The van der Waals surface area contributed by atoms with Crippen LogP contribution in [0.1, 0.15) is 46.0 Å². The molecule has 0 saturated carbocycles. The van der Waals surface area contributed by atoms with E-state index in [-0.39, 0.29) is 29.9 Å². The number of carbonyl (C=O) groups is 1. The molecule has 2 unspecified atom stereocenters. The first kappa shape index (κ1) is 24.8. The maximum absolute atomic E-state index is 12.1.